The van der Waals surface area contributed by atoms with E-state index in [1.165, 1.54) is 4.90 Å². The highest BCUT2D eigenvalue weighted by atomic mass is 16.5. The van der Waals surface area contributed by atoms with Crippen LogP contribution in [0.5, 0.6) is 5.75 Å². The number of aromatic nitrogens is 1. The van der Waals surface area contributed by atoms with Crippen LogP contribution in [0.3, 0.4) is 0 Å². The molecule has 3 N–H and O–H groups in total. The van der Waals surface area contributed by atoms with Gasteiger partial charge in [-0.15, -0.1) is 0 Å². The summed E-state index contributed by atoms with van der Waals surface area (Å²) in [5.74, 6) is -0.793. The molecule has 4 rings (SSSR count). The highest BCUT2D eigenvalue weighted by Crippen LogP contribution is 2.17. The van der Waals surface area contributed by atoms with Crippen LogP contribution in [0, 0.1) is 0 Å². The van der Waals surface area contributed by atoms with E-state index in [4.69, 9.17) is 4.74 Å². The molecule has 0 bridgehead atoms. The van der Waals surface area contributed by atoms with Crippen LogP contribution in [-0.4, -0.2) is 70.3 Å². The third-order valence-corrected chi connectivity index (χ3v) is 6.05. The van der Waals surface area contributed by atoms with Gasteiger partial charge in [-0.25, -0.2) is 0 Å². The number of aliphatic hydroxyl groups excluding tert-OH is 2. The lowest BCUT2D eigenvalue weighted by atomic mass is 10.1. The fraction of sp³-hybridized carbons (Fsp3) is 0.296. The molecule has 0 unspecified atom stereocenters. The van der Waals surface area contributed by atoms with E-state index in [0.717, 1.165) is 16.8 Å². The maximum Gasteiger partial charge on any atom is 0.254 e. The molecule has 9 heteroatoms. The Morgan fingerprint density at radius 2 is 1.61 bits per heavy atom. The van der Waals surface area contributed by atoms with Gasteiger partial charge in [0.15, 0.2) is 12.2 Å². The van der Waals surface area contributed by atoms with Crippen molar-refractivity contribution in [3.8, 4) is 5.75 Å². The van der Waals surface area contributed by atoms with Crippen LogP contribution in [0.4, 0.5) is 5.69 Å². The van der Waals surface area contributed by atoms with E-state index < -0.39 is 24.0 Å². The first-order valence-corrected chi connectivity index (χ1v) is 11.8. The van der Waals surface area contributed by atoms with Crippen molar-refractivity contribution in [2.45, 2.75) is 25.4 Å². The maximum atomic E-state index is 12.7. The molecule has 0 aliphatic carbocycles. The standard InChI is InChI=1S/C27H30N4O5/c32-24(25(33)27(35)31-15-13-30(14-16-31)22-6-2-1-3-7-22)26(34)29-18-20-8-10-23(11-9-20)36-19-21-5-4-12-28-17-21/h1-12,17,24-25,32-33H,13-16,18-19H2,(H,29,34)/t24-,25-/m1/s1. The van der Waals surface area contributed by atoms with Gasteiger partial charge in [0.25, 0.3) is 11.8 Å². The van der Waals surface area contributed by atoms with Crippen molar-refractivity contribution in [3.63, 3.8) is 0 Å². The van der Waals surface area contributed by atoms with Gasteiger partial charge in [-0.3, -0.25) is 14.6 Å². The number of rotatable bonds is 9. The number of anilines is 1. The molecule has 1 aliphatic heterocycles. The van der Waals surface area contributed by atoms with Gasteiger partial charge in [-0.1, -0.05) is 36.4 Å². The van der Waals surface area contributed by atoms with Crippen molar-refractivity contribution in [1.82, 2.24) is 15.2 Å². The van der Waals surface area contributed by atoms with E-state index in [1.54, 1.807) is 36.7 Å². The first kappa shape index (κ1) is 25.2. The number of amides is 2. The maximum absolute atomic E-state index is 12.7. The van der Waals surface area contributed by atoms with E-state index in [-0.39, 0.29) is 6.54 Å². The Hall–Kier alpha value is -3.95. The number of nitrogens with zero attached hydrogens (tertiary/aromatic N) is 3. The second-order valence-electron chi connectivity index (χ2n) is 8.55. The van der Waals surface area contributed by atoms with Crippen LogP contribution >= 0.6 is 0 Å². The molecule has 2 heterocycles. The Balaban J connectivity index is 1.21. The van der Waals surface area contributed by atoms with Gasteiger partial charge in [0.2, 0.25) is 0 Å². The van der Waals surface area contributed by atoms with Gasteiger partial charge in [0.05, 0.1) is 0 Å². The van der Waals surface area contributed by atoms with Crippen LogP contribution in [0.2, 0.25) is 0 Å². The minimum atomic E-state index is -1.85. The van der Waals surface area contributed by atoms with E-state index in [2.05, 4.69) is 15.2 Å². The number of para-hydroxylation sites is 1. The Kier molecular flexibility index (Phi) is 8.48. The third-order valence-electron chi connectivity index (χ3n) is 6.05. The SMILES string of the molecule is O=C(NCc1ccc(OCc2cccnc2)cc1)[C@H](O)[C@@H](O)C(=O)N1CCN(c2ccccc2)CC1. The molecule has 0 spiro atoms. The van der Waals surface area contributed by atoms with Crippen molar-refractivity contribution >= 4 is 17.5 Å². The number of ether oxygens (including phenoxy) is 1. The first-order valence-electron chi connectivity index (χ1n) is 11.8. The normalized spacial score (nSPS) is 15.2. The Morgan fingerprint density at radius 3 is 2.28 bits per heavy atom. The number of hydrogen-bond acceptors (Lipinski definition) is 7. The van der Waals surface area contributed by atoms with Crippen LogP contribution in [-0.2, 0) is 22.7 Å². The molecule has 1 aromatic heterocycles. The van der Waals surface area contributed by atoms with E-state index >= 15 is 0 Å². The fourth-order valence-corrected chi connectivity index (χ4v) is 3.94. The average molecular weight is 491 g/mol. The summed E-state index contributed by atoms with van der Waals surface area (Å²) in [5, 5.41) is 23.2. The summed E-state index contributed by atoms with van der Waals surface area (Å²) in [7, 11) is 0. The Labute approximate surface area is 210 Å². The number of benzene rings is 2. The summed E-state index contributed by atoms with van der Waals surface area (Å²) >= 11 is 0. The summed E-state index contributed by atoms with van der Waals surface area (Å²) < 4.78 is 5.71. The molecular formula is C27H30N4O5. The molecule has 0 radical (unpaired) electrons. The molecule has 36 heavy (non-hydrogen) atoms. The van der Waals surface area contributed by atoms with Crippen LogP contribution in [0.15, 0.2) is 79.1 Å². The summed E-state index contributed by atoms with van der Waals surface area (Å²) in [6.07, 6.45) is -0.242. The summed E-state index contributed by atoms with van der Waals surface area (Å²) in [4.78, 5) is 32.7. The van der Waals surface area contributed by atoms with Gasteiger partial charge in [0.1, 0.15) is 12.4 Å². The highest BCUT2D eigenvalue weighted by molar-refractivity contribution is 5.90. The molecule has 188 valence electrons. The van der Waals surface area contributed by atoms with Crippen molar-refractivity contribution in [2.75, 3.05) is 31.1 Å². The van der Waals surface area contributed by atoms with Crippen LogP contribution in [0.1, 0.15) is 11.1 Å². The monoisotopic (exact) mass is 490 g/mol. The van der Waals surface area contributed by atoms with Crippen molar-refractivity contribution < 1.29 is 24.5 Å². The average Bonchev–Trinajstić information content (AvgIpc) is 2.95. The smallest absolute Gasteiger partial charge is 0.254 e. The number of aliphatic hydroxyl groups is 2. The first-order chi connectivity index (χ1) is 17.5. The van der Waals surface area contributed by atoms with Gasteiger partial charge in [-0.2, -0.15) is 0 Å². The zero-order chi connectivity index (χ0) is 25.3. The van der Waals surface area contributed by atoms with Crippen LogP contribution in [0.25, 0.3) is 0 Å². The second-order valence-corrected chi connectivity index (χ2v) is 8.55. The molecule has 2 atom stereocenters. The lowest BCUT2D eigenvalue weighted by Crippen LogP contribution is -2.55. The summed E-state index contributed by atoms with van der Waals surface area (Å²) in [6.45, 7) is 2.53. The summed E-state index contributed by atoms with van der Waals surface area (Å²) in [5.41, 5.74) is 2.80. The molecule has 2 amide bonds. The van der Waals surface area contributed by atoms with E-state index in [9.17, 15) is 19.8 Å². The molecule has 1 fully saturated rings. The minimum absolute atomic E-state index is 0.134. The quantitative estimate of drug-likeness (QED) is 0.415. The van der Waals surface area contributed by atoms with E-state index in [1.807, 2.05) is 42.5 Å². The number of hydrogen-bond donors (Lipinski definition) is 3. The van der Waals surface area contributed by atoms with Gasteiger partial charge < -0.3 is 30.1 Å². The molecular weight excluding hydrogens is 460 g/mol. The number of piperazine rings is 1. The third kappa shape index (κ3) is 6.59. The van der Waals surface area contributed by atoms with Gasteiger partial charge in [-0.05, 0) is 35.9 Å². The predicted molar refractivity (Wildman–Crippen MR) is 134 cm³/mol. The predicted octanol–water partition coefficient (Wildman–Crippen LogP) is 1.35. The van der Waals surface area contributed by atoms with Crippen LogP contribution < -0.4 is 15.0 Å². The second kappa shape index (κ2) is 12.1. The molecule has 1 aliphatic rings. The van der Waals surface area contributed by atoms with Crippen molar-refractivity contribution in [3.05, 3.63) is 90.3 Å². The minimum Gasteiger partial charge on any atom is -0.489 e. The lowest BCUT2D eigenvalue weighted by Gasteiger charge is -2.37. The topological polar surface area (TPSA) is 115 Å². The lowest BCUT2D eigenvalue weighted by molar-refractivity contribution is -0.153. The number of pyridine rings is 1. The van der Waals surface area contributed by atoms with Gasteiger partial charge in [0, 0.05) is 56.4 Å². The molecule has 0 saturated carbocycles. The largest absolute Gasteiger partial charge is 0.489 e. The zero-order valence-corrected chi connectivity index (χ0v) is 19.9. The molecule has 2 aromatic carbocycles. The van der Waals surface area contributed by atoms with Crippen molar-refractivity contribution in [1.29, 1.82) is 0 Å². The van der Waals surface area contributed by atoms with E-state index in [0.29, 0.717) is 38.5 Å². The Morgan fingerprint density at radius 1 is 0.889 bits per heavy atom. The zero-order valence-electron chi connectivity index (χ0n) is 19.9. The molecule has 9 nitrogen and oxygen atoms in total. The number of carbonyl (C=O) groups is 2. The highest BCUT2D eigenvalue weighted by Gasteiger charge is 2.34. The fourth-order valence-electron chi connectivity index (χ4n) is 3.94. The number of carbonyl (C=O) groups excluding carboxylic acids is 2. The van der Waals surface area contributed by atoms with Gasteiger partial charge >= 0.3 is 0 Å². The number of nitrogens with one attached hydrogen (secondary N) is 1. The van der Waals surface area contributed by atoms with Crippen molar-refractivity contribution in [2.24, 2.45) is 0 Å². The molecule has 3 aromatic rings. The Bertz CT molecular complexity index is 1120. The summed E-state index contributed by atoms with van der Waals surface area (Å²) in [6, 6.07) is 20.8. The molecule has 1 saturated heterocycles.